The van der Waals surface area contributed by atoms with E-state index in [2.05, 4.69) is 0 Å². The van der Waals surface area contributed by atoms with Gasteiger partial charge in [0.2, 0.25) is 23.8 Å². The number of carbonyl (C=O) groups is 1. The molecule has 0 saturated carbocycles. The normalized spacial score (nSPS) is 31.3. The summed E-state index contributed by atoms with van der Waals surface area (Å²) >= 11 is 0. The lowest BCUT2D eigenvalue weighted by Crippen LogP contribution is -2.61. The predicted molar refractivity (Wildman–Crippen MR) is 156 cm³/mol. The Morgan fingerprint density at radius 2 is 1.44 bits per heavy atom. The number of rotatable bonds is 9. The fourth-order valence-corrected chi connectivity index (χ4v) is 5.17. The van der Waals surface area contributed by atoms with Crippen molar-refractivity contribution in [3.8, 4) is 34.3 Å². The Labute approximate surface area is 269 Å². The topological polar surface area (TPSA) is 296 Å². The van der Waals surface area contributed by atoms with Crippen LogP contribution in [0.25, 0.3) is 22.3 Å². The summed E-state index contributed by atoms with van der Waals surface area (Å²) in [5.41, 5.74) is -1.25. The average Bonchev–Trinajstić information content (AvgIpc) is 3.05. The zero-order valence-corrected chi connectivity index (χ0v) is 25.0. The van der Waals surface area contributed by atoms with E-state index in [1.807, 2.05) is 0 Å². The smallest absolute Gasteiger partial charge is 0.335 e. The summed E-state index contributed by atoms with van der Waals surface area (Å²) in [6.07, 6.45) is -18.4. The van der Waals surface area contributed by atoms with Crippen LogP contribution in [0.3, 0.4) is 0 Å². The van der Waals surface area contributed by atoms with Crippen LogP contribution in [0.15, 0.2) is 45.6 Å². The van der Waals surface area contributed by atoms with Crippen molar-refractivity contribution in [2.45, 2.75) is 74.4 Å². The fraction of sp³-hybridized carbons (Fsp3) is 0.467. The van der Waals surface area contributed by atoms with E-state index in [0.29, 0.717) is 0 Å². The van der Waals surface area contributed by atoms with Crippen molar-refractivity contribution < 1.29 is 84.0 Å². The minimum Gasteiger partial charge on any atom is -0.508 e. The zero-order valence-electron chi connectivity index (χ0n) is 25.0. The zero-order chi connectivity index (χ0) is 35.0. The van der Waals surface area contributed by atoms with Gasteiger partial charge >= 0.3 is 5.97 Å². The minimum absolute atomic E-state index is 0.0348. The number of carbonyl (C=O) groups excluding carboxylic acids is 1. The maximum Gasteiger partial charge on any atom is 0.335 e. The van der Waals surface area contributed by atoms with Gasteiger partial charge in [-0.1, -0.05) is 0 Å². The summed E-state index contributed by atoms with van der Waals surface area (Å²) in [6.45, 7) is -0.456. The number of aliphatic hydroxyl groups is 8. The first-order valence-corrected chi connectivity index (χ1v) is 14.5. The van der Waals surface area contributed by atoms with Crippen LogP contribution in [0.5, 0.6) is 23.0 Å². The van der Waals surface area contributed by atoms with E-state index in [-0.39, 0.29) is 22.7 Å². The average molecular weight is 683 g/mol. The molecule has 3 aromatic rings. The molecule has 2 aromatic carbocycles. The SMILES string of the molecule is CC(O)C(=O)OC1C(Oc2c(-c3ccc(OC4OC(CO)C(O)C(O)C4O)cc3)oc3cc(O)cc(O)c3c2=O)OC(CO)C(O)C1O. The number of phenols is 2. The van der Waals surface area contributed by atoms with Crippen LogP contribution in [0.1, 0.15) is 6.92 Å². The van der Waals surface area contributed by atoms with Gasteiger partial charge in [-0.3, -0.25) is 4.79 Å². The predicted octanol–water partition coefficient (Wildman–Crippen LogP) is -2.84. The number of aromatic hydroxyl groups is 2. The van der Waals surface area contributed by atoms with E-state index in [0.717, 1.165) is 19.1 Å². The van der Waals surface area contributed by atoms with Crippen LogP contribution in [0.2, 0.25) is 0 Å². The van der Waals surface area contributed by atoms with Crippen LogP contribution >= 0.6 is 0 Å². The molecule has 0 amide bonds. The summed E-state index contributed by atoms with van der Waals surface area (Å²) in [7, 11) is 0. The molecule has 1 aromatic heterocycles. The van der Waals surface area contributed by atoms with Gasteiger partial charge in [0, 0.05) is 17.7 Å². The number of benzene rings is 2. The molecule has 18 nitrogen and oxygen atoms in total. The number of fused-ring (bicyclic) bond motifs is 1. The molecule has 18 heteroatoms. The molecule has 5 rings (SSSR count). The molecular weight excluding hydrogens is 648 g/mol. The standard InChI is InChI=1S/C30H34O18/c1-10(33)28(42)47-27-23(40)20(37)17(9-32)46-30(27)48-26-21(38)18-14(35)6-12(34)7-15(18)44-25(26)11-2-4-13(5-3-11)43-29-24(41)22(39)19(36)16(8-31)45-29/h2-7,10,16-17,19-20,22-24,27,29-37,39-41H,8-9H2,1H3. The van der Waals surface area contributed by atoms with Crippen molar-refractivity contribution in [2.75, 3.05) is 13.2 Å². The van der Waals surface area contributed by atoms with Gasteiger partial charge in [0.15, 0.2) is 11.9 Å². The fourth-order valence-electron chi connectivity index (χ4n) is 5.17. The van der Waals surface area contributed by atoms with Crippen molar-refractivity contribution in [3.05, 3.63) is 46.6 Å². The highest BCUT2D eigenvalue weighted by Gasteiger charge is 2.49. The van der Waals surface area contributed by atoms with Gasteiger partial charge in [0.1, 0.15) is 77.0 Å². The highest BCUT2D eigenvalue weighted by molar-refractivity contribution is 5.88. The third-order valence-corrected chi connectivity index (χ3v) is 7.79. The summed E-state index contributed by atoms with van der Waals surface area (Å²) in [4.78, 5) is 26.1. The second-order valence-electron chi connectivity index (χ2n) is 11.2. The van der Waals surface area contributed by atoms with Gasteiger partial charge in [-0.2, -0.15) is 0 Å². The van der Waals surface area contributed by atoms with Gasteiger partial charge in [-0.05, 0) is 31.2 Å². The van der Waals surface area contributed by atoms with E-state index in [4.69, 9.17) is 28.1 Å². The third kappa shape index (κ3) is 6.76. The molecule has 2 aliphatic rings. The molecule has 0 radical (unpaired) electrons. The molecule has 0 bridgehead atoms. The monoisotopic (exact) mass is 682 g/mol. The van der Waals surface area contributed by atoms with E-state index in [9.17, 15) is 60.7 Å². The highest BCUT2D eigenvalue weighted by Crippen LogP contribution is 2.38. The Bertz CT molecular complexity index is 1650. The lowest BCUT2D eigenvalue weighted by atomic mass is 9.99. The Morgan fingerprint density at radius 3 is 2.04 bits per heavy atom. The van der Waals surface area contributed by atoms with Crippen molar-refractivity contribution in [1.82, 2.24) is 0 Å². The molecule has 0 aliphatic carbocycles. The van der Waals surface area contributed by atoms with Gasteiger partial charge in [0.05, 0.1) is 13.2 Å². The maximum absolute atomic E-state index is 13.8. The van der Waals surface area contributed by atoms with Gasteiger partial charge in [-0.15, -0.1) is 0 Å². The molecule has 2 fully saturated rings. The number of esters is 1. The molecule has 3 heterocycles. The summed E-state index contributed by atoms with van der Waals surface area (Å²) < 4.78 is 33.3. The van der Waals surface area contributed by atoms with Gasteiger partial charge < -0.3 is 79.2 Å². The second-order valence-corrected chi connectivity index (χ2v) is 11.2. The number of hydrogen-bond donors (Lipinski definition) is 10. The Morgan fingerprint density at radius 1 is 0.833 bits per heavy atom. The first-order valence-electron chi connectivity index (χ1n) is 14.5. The van der Waals surface area contributed by atoms with Crippen LogP contribution in [-0.4, -0.2) is 138 Å². The van der Waals surface area contributed by atoms with E-state index < -0.39 is 115 Å². The maximum atomic E-state index is 13.8. The van der Waals surface area contributed by atoms with Crippen LogP contribution in [-0.2, 0) is 19.0 Å². The van der Waals surface area contributed by atoms with E-state index >= 15 is 0 Å². The van der Waals surface area contributed by atoms with Crippen molar-refractivity contribution in [2.24, 2.45) is 0 Å². The van der Waals surface area contributed by atoms with Crippen LogP contribution in [0, 0.1) is 0 Å². The molecule has 11 atom stereocenters. The molecule has 0 spiro atoms. The second kappa shape index (κ2) is 14.2. The van der Waals surface area contributed by atoms with Crippen molar-refractivity contribution >= 4 is 16.9 Å². The summed E-state index contributed by atoms with van der Waals surface area (Å²) in [5, 5.41) is 100. The van der Waals surface area contributed by atoms with Crippen LogP contribution in [0.4, 0.5) is 0 Å². The molecule has 48 heavy (non-hydrogen) atoms. The van der Waals surface area contributed by atoms with Crippen molar-refractivity contribution in [1.29, 1.82) is 0 Å². The highest BCUT2D eigenvalue weighted by atomic mass is 16.7. The van der Waals surface area contributed by atoms with Gasteiger partial charge in [0.25, 0.3) is 0 Å². The lowest BCUT2D eigenvalue weighted by molar-refractivity contribution is -0.283. The lowest BCUT2D eigenvalue weighted by Gasteiger charge is -2.41. The molecular formula is C30H34O18. The quantitative estimate of drug-likeness (QED) is 0.102. The molecule has 262 valence electrons. The molecule has 11 unspecified atom stereocenters. The summed E-state index contributed by atoms with van der Waals surface area (Å²) in [5.74, 6) is -3.43. The first-order chi connectivity index (χ1) is 22.7. The van der Waals surface area contributed by atoms with Crippen LogP contribution < -0.4 is 14.9 Å². The number of ether oxygens (including phenoxy) is 5. The Kier molecular flexibility index (Phi) is 10.4. The van der Waals surface area contributed by atoms with Crippen molar-refractivity contribution in [3.63, 3.8) is 0 Å². The number of hydrogen-bond acceptors (Lipinski definition) is 18. The minimum atomic E-state index is -1.94. The summed E-state index contributed by atoms with van der Waals surface area (Å²) in [6, 6.07) is 7.20. The van der Waals surface area contributed by atoms with Gasteiger partial charge in [-0.25, -0.2) is 4.79 Å². The Balaban J connectivity index is 1.55. The molecule has 2 aliphatic heterocycles. The largest absolute Gasteiger partial charge is 0.508 e. The first kappa shape index (κ1) is 35.2. The number of aliphatic hydroxyl groups excluding tert-OH is 8. The van der Waals surface area contributed by atoms with E-state index in [1.54, 1.807) is 0 Å². The van der Waals surface area contributed by atoms with E-state index in [1.165, 1.54) is 24.3 Å². The number of phenolic OH excluding ortho intramolecular Hbond substituents is 2. The Hall–Kier alpha value is -4.08. The molecule has 2 saturated heterocycles. The third-order valence-electron chi connectivity index (χ3n) is 7.79. The molecule has 10 N–H and O–H groups in total.